The van der Waals surface area contributed by atoms with E-state index in [9.17, 15) is 24.0 Å². The van der Waals surface area contributed by atoms with Crippen molar-refractivity contribution in [2.24, 2.45) is 5.92 Å². The number of fused-ring (bicyclic) bond motifs is 2. The average molecular weight is 778 g/mol. The number of hydrogen-bond donors (Lipinski definition) is 2. The van der Waals surface area contributed by atoms with Gasteiger partial charge >= 0.3 is 18.1 Å². The van der Waals surface area contributed by atoms with E-state index in [1.165, 1.54) is 0 Å². The number of nitrogens with one attached hydrogen (secondary N) is 2. The van der Waals surface area contributed by atoms with Crippen molar-refractivity contribution >= 4 is 40.8 Å². The maximum Gasteiger partial charge on any atom is 0.413 e. The van der Waals surface area contributed by atoms with Crippen LogP contribution in [-0.4, -0.2) is 98.2 Å². The molecule has 14 nitrogen and oxygen atoms in total. The minimum absolute atomic E-state index is 0.110. The highest BCUT2D eigenvalue weighted by Gasteiger charge is 2.54. The third-order valence-corrected chi connectivity index (χ3v) is 10.1. The Morgan fingerprint density at radius 1 is 0.912 bits per heavy atom. The van der Waals surface area contributed by atoms with E-state index >= 15 is 0 Å². The number of urea groups is 1. The molecule has 14 heteroatoms. The summed E-state index contributed by atoms with van der Waals surface area (Å²) >= 11 is 0. The van der Waals surface area contributed by atoms with E-state index in [2.05, 4.69) is 15.6 Å². The lowest BCUT2D eigenvalue weighted by Crippen LogP contribution is -2.78. The summed E-state index contributed by atoms with van der Waals surface area (Å²) in [7, 11) is 1.69. The monoisotopic (exact) mass is 777 g/mol. The van der Waals surface area contributed by atoms with Gasteiger partial charge in [-0.3, -0.25) is 14.6 Å². The SMILES string of the molecule is CC(C)C(NC(=O)Oc1ccc(C[C@H]2C(=O)N(Cc3cccc4cccnc34)[C@@H](C)C3N2C(=O)CN(C)N3C(=O)NCc2ccccc2)cc1)C(=O)OC(C)(C)C. The highest BCUT2D eigenvalue weighted by atomic mass is 16.6. The van der Waals surface area contributed by atoms with E-state index in [4.69, 9.17) is 9.47 Å². The number of hydrogen-bond acceptors (Lipinski definition) is 9. The molecule has 2 aliphatic heterocycles. The van der Waals surface area contributed by atoms with Crippen LogP contribution in [-0.2, 0) is 38.6 Å². The fraction of sp³-hybridized carbons (Fsp3) is 0.395. The molecule has 0 bridgehead atoms. The average Bonchev–Trinajstić information content (AvgIpc) is 3.16. The topological polar surface area (TPSA) is 154 Å². The molecule has 57 heavy (non-hydrogen) atoms. The van der Waals surface area contributed by atoms with Crippen molar-refractivity contribution in [3.63, 3.8) is 0 Å². The molecule has 5 amide bonds. The highest BCUT2D eigenvalue weighted by Crippen LogP contribution is 2.33. The minimum atomic E-state index is -0.963. The molecule has 2 unspecified atom stereocenters. The molecule has 0 aliphatic carbocycles. The Morgan fingerprint density at radius 3 is 2.30 bits per heavy atom. The number of amides is 5. The second-order valence-electron chi connectivity index (χ2n) is 15.9. The summed E-state index contributed by atoms with van der Waals surface area (Å²) in [5, 5.41) is 9.70. The number of piperazine rings is 1. The first kappa shape index (κ1) is 40.6. The Balaban J connectivity index is 1.26. The van der Waals surface area contributed by atoms with Crippen molar-refractivity contribution in [3.8, 4) is 5.75 Å². The molecule has 1 aromatic heterocycles. The molecule has 2 saturated heterocycles. The third kappa shape index (κ3) is 9.34. The van der Waals surface area contributed by atoms with Crippen molar-refractivity contribution in [1.29, 1.82) is 0 Å². The van der Waals surface area contributed by atoms with Crippen LogP contribution in [0.25, 0.3) is 10.9 Å². The van der Waals surface area contributed by atoms with Gasteiger partial charge in [0.25, 0.3) is 0 Å². The van der Waals surface area contributed by atoms with Crippen molar-refractivity contribution in [1.82, 2.24) is 35.4 Å². The van der Waals surface area contributed by atoms with Gasteiger partial charge in [-0.05, 0) is 68.5 Å². The molecular weight excluding hydrogens is 727 g/mol. The summed E-state index contributed by atoms with van der Waals surface area (Å²) < 4.78 is 11.0. The fourth-order valence-corrected chi connectivity index (χ4v) is 7.35. The predicted molar refractivity (Wildman–Crippen MR) is 213 cm³/mol. The number of rotatable bonds is 10. The Morgan fingerprint density at radius 2 is 1.61 bits per heavy atom. The summed E-state index contributed by atoms with van der Waals surface area (Å²) in [5.41, 5.74) is 2.48. The molecule has 0 spiro atoms. The van der Waals surface area contributed by atoms with E-state index in [0.29, 0.717) is 5.56 Å². The van der Waals surface area contributed by atoms with Gasteiger partial charge in [-0.15, -0.1) is 0 Å². The second kappa shape index (κ2) is 17.0. The summed E-state index contributed by atoms with van der Waals surface area (Å²) in [5.74, 6) is -1.16. The summed E-state index contributed by atoms with van der Waals surface area (Å²) in [6.07, 6.45) is 0.190. The second-order valence-corrected chi connectivity index (χ2v) is 15.9. The van der Waals surface area contributed by atoms with Gasteiger partial charge in [0, 0.05) is 38.1 Å². The Labute approximate surface area is 333 Å². The number of esters is 1. The molecule has 0 saturated carbocycles. The summed E-state index contributed by atoms with van der Waals surface area (Å²) in [4.78, 5) is 76.3. The third-order valence-electron chi connectivity index (χ3n) is 10.1. The number of pyridine rings is 1. The van der Waals surface area contributed by atoms with Crippen molar-refractivity contribution in [3.05, 3.63) is 108 Å². The molecule has 2 N–H and O–H groups in total. The Kier molecular flexibility index (Phi) is 12.1. The van der Waals surface area contributed by atoms with Crippen LogP contribution in [0.15, 0.2) is 91.1 Å². The Hall–Kier alpha value is -6.02. The van der Waals surface area contributed by atoms with Crippen LogP contribution in [0.3, 0.4) is 0 Å². The first-order valence-corrected chi connectivity index (χ1v) is 19.2. The predicted octanol–water partition coefficient (Wildman–Crippen LogP) is 5.26. The molecular formula is C43H51N7O7. The van der Waals surface area contributed by atoms with Crippen molar-refractivity contribution in [2.45, 2.75) is 90.9 Å². The van der Waals surface area contributed by atoms with Gasteiger partial charge in [0.2, 0.25) is 11.8 Å². The summed E-state index contributed by atoms with van der Waals surface area (Å²) in [6, 6.07) is 22.9. The zero-order chi connectivity index (χ0) is 41.0. The molecule has 3 heterocycles. The molecule has 4 atom stereocenters. The molecule has 300 valence electrons. The molecule has 0 radical (unpaired) electrons. The van der Waals surface area contributed by atoms with Crippen molar-refractivity contribution in [2.75, 3.05) is 13.6 Å². The molecule has 3 aromatic carbocycles. The fourth-order valence-electron chi connectivity index (χ4n) is 7.35. The zero-order valence-corrected chi connectivity index (χ0v) is 33.5. The Bertz CT molecular complexity index is 2100. The van der Waals surface area contributed by atoms with Gasteiger partial charge in [-0.25, -0.2) is 24.4 Å². The van der Waals surface area contributed by atoms with E-state index in [-0.39, 0.29) is 49.5 Å². The molecule has 2 aliphatic rings. The van der Waals surface area contributed by atoms with Gasteiger partial charge in [-0.2, -0.15) is 0 Å². The van der Waals surface area contributed by atoms with Crippen LogP contribution in [0.1, 0.15) is 58.2 Å². The maximum atomic E-state index is 14.7. The van der Waals surface area contributed by atoms with Crippen LogP contribution >= 0.6 is 0 Å². The lowest BCUT2D eigenvalue weighted by atomic mass is 9.94. The number of carbonyl (C=O) groups is 5. The van der Waals surface area contributed by atoms with E-state index < -0.39 is 48.0 Å². The van der Waals surface area contributed by atoms with E-state index in [1.54, 1.807) is 91.9 Å². The van der Waals surface area contributed by atoms with E-state index in [0.717, 1.165) is 22.0 Å². The number of likely N-dealkylation sites (N-methyl/N-ethyl adjacent to an activating group) is 1. The van der Waals surface area contributed by atoms with E-state index in [1.807, 2.05) is 67.6 Å². The van der Waals surface area contributed by atoms with Crippen LogP contribution in [0.4, 0.5) is 9.59 Å². The standard InChI is InChI=1S/C43H51N7O7/c1-27(2)36(40(53)57-43(4,5)6)46-42(55)56-33-20-18-29(19-21-33)23-34-39(52)48(25-32-16-11-15-31-17-12-22-44-37(31)32)28(3)38-49(34)35(51)26-47(7)50(38)41(54)45-24-30-13-9-8-10-14-30/h8-22,27-28,34,36,38H,23-26H2,1-7H3,(H,45,54)(H,46,55)/t28-,34-,36?,38?/m0/s1. The lowest BCUT2D eigenvalue weighted by molar-refractivity contribution is -0.196. The molecule has 4 aromatic rings. The number of carbonyl (C=O) groups excluding carboxylic acids is 5. The lowest BCUT2D eigenvalue weighted by Gasteiger charge is -2.57. The zero-order valence-electron chi connectivity index (χ0n) is 33.5. The molecule has 6 rings (SSSR count). The van der Waals surface area contributed by atoms with Gasteiger partial charge in [0.05, 0.1) is 18.1 Å². The van der Waals surface area contributed by atoms with Gasteiger partial charge in [0.15, 0.2) is 0 Å². The number of aromatic nitrogens is 1. The van der Waals surface area contributed by atoms with Crippen molar-refractivity contribution < 1.29 is 33.4 Å². The highest BCUT2D eigenvalue weighted by molar-refractivity contribution is 5.92. The number of para-hydroxylation sites is 1. The van der Waals surface area contributed by atoms with Gasteiger partial charge < -0.3 is 29.9 Å². The first-order valence-electron chi connectivity index (χ1n) is 19.2. The van der Waals surface area contributed by atoms with Crippen LogP contribution in [0.5, 0.6) is 5.75 Å². The number of hydrazine groups is 1. The minimum Gasteiger partial charge on any atom is -0.458 e. The van der Waals surface area contributed by atoms with Gasteiger partial charge in [0.1, 0.15) is 29.6 Å². The largest absolute Gasteiger partial charge is 0.458 e. The maximum absolute atomic E-state index is 14.7. The number of nitrogens with zero attached hydrogens (tertiary/aromatic N) is 5. The molecule has 2 fully saturated rings. The van der Waals surface area contributed by atoms with Crippen LogP contribution in [0.2, 0.25) is 0 Å². The number of ether oxygens (including phenoxy) is 2. The smallest absolute Gasteiger partial charge is 0.413 e. The van der Waals surface area contributed by atoms with Crippen LogP contribution in [0, 0.1) is 5.92 Å². The van der Waals surface area contributed by atoms with Gasteiger partial charge in [-0.1, -0.05) is 80.6 Å². The first-order chi connectivity index (χ1) is 27.1. The normalized spacial score (nSPS) is 19.3. The quantitative estimate of drug-likeness (QED) is 0.206. The summed E-state index contributed by atoms with van der Waals surface area (Å²) in [6.45, 7) is 11.1. The van der Waals surface area contributed by atoms with Crippen LogP contribution < -0.4 is 15.4 Å². The number of benzene rings is 3.